The topological polar surface area (TPSA) is 12.0 Å². The number of fused-ring (bicyclic) bond motifs is 1. The molecule has 16 heavy (non-hydrogen) atoms. The summed E-state index contributed by atoms with van der Waals surface area (Å²) < 4.78 is 38.5. The Balaban J connectivity index is 2.45. The third kappa shape index (κ3) is 2.06. The van der Waals surface area contributed by atoms with Gasteiger partial charge in [-0.05, 0) is 24.7 Å². The first-order valence-electron chi connectivity index (χ1n) is 5.01. The minimum atomic E-state index is -4.25. The van der Waals surface area contributed by atoms with Crippen LogP contribution in [0.2, 0.25) is 0 Å². The summed E-state index contributed by atoms with van der Waals surface area (Å²) in [4.78, 5) is 0.773. The molecular formula is C11H12F3NS. The van der Waals surface area contributed by atoms with Crippen molar-refractivity contribution in [3.63, 3.8) is 0 Å². The van der Waals surface area contributed by atoms with Gasteiger partial charge in [0, 0.05) is 23.1 Å². The van der Waals surface area contributed by atoms with E-state index >= 15 is 0 Å². The van der Waals surface area contributed by atoms with Gasteiger partial charge in [-0.3, -0.25) is 0 Å². The molecule has 1 atom stereocenters. The highest BCUT2D eigenvalue weighted by Crippen LogP contribution is 2.45. The molecule has 5 heteroatoms. The van der Waals surface area contributed by atoms with Crippen LogP contribution in [0.1, 0.15) is 17.0 Å². The van der Waals surface area contributed by atoms with Gasteiger partial charge in [0.25, 0.3) is 0 Å². The maximum Gasteiger partial charge on any atom is 0.416 e. The van der Waals surface area contributed by atoms with Crippen molar-refractivity contribution in [3.05, 3.63) is 29.3 Å². The molecule has 0 aromatic heterocycles. The number of hydrogen-bond donors (Lipinski definition) is 1. The SMILES string of the molecule is CNCC1CSc2cccc(C(F)(F)F)c21. The zero-order chi connectivity index (χ0) is 11.8. The van der Waals surface area contributed by atoms with Crippen LogP contribution in [0.4, 0.5) is 13.2 Å². The third-order valence-corrected chi connectivity index (χ3v) is 3.91. The molecule has 1 nitrogen and oxygen atoms in total. The van der Waals surface area contributed by atoms with E-state index in [1.165, 1.54) is 23.9 Å². The van der Waals surface area contributed by atoms with Crippen LogP contribution in [0.5, 0.6) is 0 Å². The molecule has 1 aliphatic heterocycles. The van der Waals surface area contributed by atoms with E-state index in [-0.39, 0.29) is 5.92 Å². The zero-order valence-electron chi connectivity index (χ0n) is 8.77. The van der Waals surface area contributed by atoms with Crippen molar-refractivity contribution in [1.29, 1.82) is 0 Å². The van der Waals surface area contributed by atoms with Gasteiger partial charge in [-0.1, -0.05) is 6.07 Å². The molecule has 1 heterocycles. The van der Waals surface area contributed by atoms with Crippen molar-refractivity contribution >= 4 is 11.8 Å². The van der Waals surface area contributed by atoms with Gasteiger partial charge in [0.1, 0.15) is 0 Å². The van der Waals surface area contributed by atoms with Crippen molar-refractivity contribution in [3.8, 4) is 0 Å². The average Bonchev–Trinajstić information content (AvgIpc) is 2.61. The highest BCUT2D eigenvalue weighted by Gasteiger charge is 2.38. The molecule has 88 valence electrons. The van der Waals surface area contributed by atoms with Crippen LogP contribution < -0.4 is 5.32 Å². The first-order valence-corrected chi connectivity index (χ1v) is 6.00. The lowest BCUT2D eigenvalue weighted by atomic mass is 9.95. The number of hydrogen-bond acceptors (Lipinski definition) is 2. The molecule has 1 aliphatic rings. The van der Waals surface area contributed by atoms with E-state index in [0.717, 1.165) is 10.6 Å². The summed E-state index contributed by atoms with van der Waals surface area (Å²) in [5, 5.41) is 2.95. The summed E-state index contributed by atoms with van der Waals surface area (Å²) in [5.41, 5.74) is -0.00963. The van der Waals surface area contributed by atoms with Crippen molar-refractivity contribution < 1.29 is 13.2 Å². The third-order valence-electron chi connectivity index (χ3n) is 2.67. The van der Waals surface area contributed by atoms with E-state index < -0.39 is 11.7 Å². The summed E-state index contributed by atoms with van der Waals surface area (Å²) in [6, 6.07) is 4.43. The molecule has 1 aromatic rings. The highest BCUT2D eigenvalue weighted by atomic mass is 32.2. The number of alkyl halides is 3. The fourth-order valence-corrected chi connectivity index (χ4v) is 3.29. The van der Waals surface area contributed by atoms with E-state index in [1.807, 2.05) is 0 Å². The standard InChI is InChI=1S/C11H12F3NS/c1-15-5-7-6-16-9-4-2-3-8(10(7)9)11(12,13)14/h2-4,7,15H,5-6H2,1H3. The molecule has 2 rings (SSSR count). The quantitative estimate of drug-likeness (QED) is 0.861. The maximum absolute atomic E-state index is 12.8. The summed E-state index contributed by atoms with van der Waals surface area (Å²) in [6.07, 6.45) is -4.25. The Kier molecular flexibility index (Phi) is 3.17. The van der Waals surface area contributed by atoms with Gasteiger partial charge in [0.15, 0.2) is 0 Å². The Morgan fingerprint density at radius 3 is 2.81 bits per heavy atom. The second kappa shape index (κ2) is 4.30. The monoisotopic (exact) mass is 247 g/mol. The summed E-state index contributed by atoms with van der Waals surface area (Å²) in [7, 11) is 1.76. The molecule has 0 saturated carbocycles. The van der Waals surface area contributed by atoms with Gasteiger partial charge in [0.2, 0.25) is 0 Å². The van der Waals surface area contributed by atoms with E-state index in [1.54, 1.807) is 13.1 Å². The van der Waals surface area contributed by atoms with Crippen LogP contribution in [-0.4, -0.2) is 19.3 Å². The van der Waals surface area contributed by atoms with Crippen molar-refractivity contribution in [1.82, 2.24) is 5.32 Å². The molecule has 1 aromatic carbocycles. The Morgan fingerprint density at radius 1 is 1.44 bits per heavy atom. The number of thioether (sulfide) groups is 1. The van der Waals surface area contributed by atoms with Gasteiger partial charge in [0.05, 0.1) is 5.56 Å². The average molecular weight is 247 g/mol. The second-order valence-corrected chi connectivity index (χ2v) is 4.84. The number of nitrogens with one attached hydrogen (secondary N) is 1. The number of benzene rings is 1. The van der Waals surface area contributed by atoms with Gasteiger partial charge in [-0.2, -0.15) is 13.2 Å². The molecule has 0 spiro atoms. The molecule has 1 unspecified atom stereocenters. The van der Waals surface area contributed by atoms with Crippen molar-refractivity contribution in [2.75, 3.05) is 19.3 Å². The second-order valence-electron chi connectivity index (χ2n) is 3.78. The van der Waals surface area contributed by atoms with Crippen molar-refractivity contribution in [2.45, 2.75) is 17.0 Å². The number of halogens is 3. The van der Waals surface area contributed by atoms with Crippen LogP contribution >= 0.6 is 11.8 Å². The Bertz CT molecular complexity index is 387. The Morgan fingerprint density at radius 2 is 2.19 bits per heavy atom. The predicted molar refractivity (Wildman–Crippen MR) is 58.8 cm³/mol. The van der Waals surface area contributed by atoms with E-state index in [4.69, 9.17) is 0 Å². The van der Waals surface area contributed by atoms with E-state index in [9.17, 15) is 13.2 Å². The predicted octanol–water partition coefficient (Wildman–Crippen LogP) is 3.11. The maximum atomic E-state index is 12.8. The van der Waals surface area contributed by atoms with Gasteiger partial charge in [-0.15, -0.1) is 11.8 Å². The fourth-order valence-electron chi connectivity index (χ4n) is 2.02. The Labute approximate surface area is 96.4 Å². The number of rotatable bonds is 2. The first-order chi connectivity index (χ1) is 7.54. The molecule has 1 N–H and O–H groups in total. The lowest BCUT2D eigenvalue weighted by Gasteiger charge is -2.16. The number of likely N-dealkylation sites (N-methyl/N-ethyl adjacent to an activating group) is 1. The van der Waals surface area contributed by atoms with Gasteiger partial charge >= 0.3 is 6.18 Å². The normalized spacial score (nSPS) is 19.9. The lowest BCUT2D eigenvalue weighted by molar-refractivity contribution is -0.138. The van der Waals surface area contributed by atoms with Crippen LogP contribution in [0, 0.1) is 0 Å². The van der Waals surface area contributed by atoms with Crippen LogP contribution in [0.3, 0.4) is 0 Å². The summed E-state index contributed by atoms with van der Waals surface area (Å²) in [6.45, 7) is 0.590. The molecule has 0 fully saturated rings. The molecule has 0 saturated heterocycles. The largest absolute Gasteiger partial charge is 0.416 e. The highest BCUT2D eigenvalue weighted by molar-refractivity contribution is 7.99. The van der Waals surface area contributed by atoms with E-state index in [2.05, 4.69) is 5.32 Å². The molecule has 0 radical (unpaired) electrons. The molecule has 0 aliphatic carbocycles. The summed E-state index contributed by atoms with van der Waals surface area (Å²) >= 11 is 1.51. The van der Waals surface area contributed by atoms with Gasteiger partial charge in [-0.25, -0.2) is 0 Å². The summed E-state index contributed by atoms with van der Waals surface area (Å²) in [5.74, 6) is 0.686. The first kappa shape index (κ1) is 11.8. The van der Waals surface area contributed by atoms with Crippen LogP contribution in [-0.2, 0) is 6.18 Å². The fraction of sp³-hybridized carbons (Fsp3) is 0.455. The van der Waals surface area contributed by atoms with E-state index in [0.29, 0.717) is 12.1 Å². The smallest absolute Gasteiger partial charge is 0.319 e. The minimum Gasteiger partial charge on any atom is -0.319 e. The molecular weight excluding hydrogens is 235 g/mol. The minimum absolute atomic E-state index is 0.0391. The molecule has 0 amide bonds. The van der Waals surface area contributed by atoms with Crippen molar-refractivity contribution in [2.24, 2.45) is 0 Å². The zero-order valence-corrected chi connectivity index (χ0v) is 9.58. The van der Waals surface area contributed by atoms with Crippen LogP contribution in [0.15, 0.2) is 23.1 Å². The molecule has 0 bridgehead atoms. The Hall–Kier alpha value is -0.680. The lowest BCUT2D eigenvalue weighted by Crippen LogP contribution is -2.20. The van der Waals surface area contributed by atoms with Crippen LogP contribution in [0.25, 0.3) is 0 Å². The van der Waals surface area contributed by atoms with Gasteiger partial charge < -0.3 is 5.32 Å².